The summed E-state index contributed by atoms with van der Waals surface area (Å²) in [7, 11) is 0. The van der Waals surface area contributed by atoms with Crippen LogP contribution in [0, 0.1) is 0 Å². The van der Waals surface area contributed by atoms with Crippen LogP contribution in [-0.2, 0) is 17.6 Å². The van der Waals surface area contributed by atoms with Gasteiger partial charge < -0.3 is 5.32 Å². The molecule has 0 radical (unpaired) electrons. The van der Waals surface area contributed by atoms with Crippen molar-refractivity contribution in [1.82, 2.24) is 5.32 Å². The lowest BCUT2D eigenvalue weighted by Crippen LogP contribution is -2.33. The minimum Gasteiger partial charge on any atom is -0.308 e. The highest BCUT2D eigenvalue weighted by atomic mass is 16.1. The number of Topliss-reactive ketones (excluding diaryl/α,β-unsaturated/α-hetero) is 1. The van der Waals surface area contributed by atoms with Crippen LogP contribution in [0.4, 0.5) is 11.4 Å². The molecule has 0 atom stereocenters. The lowest BCUT2D eigenvalue weighted by atomic mass is 9.95. The van der Waals surface area contributed by atoms with Crippen molar-refractivity contribution in [2.24, 2.45) is 10.2 Å². The number of ketones is 1. The van der Waals surface area contributed by atoms with E-state index in [9.17, 15) is 4.79 Å². The highest BCUT2D eigenvalue weighted by Gasteiger charge is 2.19. The molecule has 0 bridgehead atoms. The van der Waals surface area contributed by atoms with Crippen molar-refractivity contribution >= 4 is 17.2 Å². The number of nitrogens with one attached hydrogen (secondary N) is 1. The van der Waals surface area contributed by atoms with Crippen LogP contribution in [0.25, 0.3) is 20.9 Å². The van der Waals surface area contributed by atoms with Crippen molar-refractivity contribution in [1.29, 1.82) is 0 Å². The Hall–Kier alpha value is -3.83. The third-order valence-electron chi connectivity index (χ3n) is 4.52. The fraction of sp³-hybridized carbons (Fsp3) is 0.190. The lowest BCUT2D eigenvalue weighted by molar-refractivity contribution is -0.112. The van der Waals surface area contributed by atoms with Gasteiger partial charge in [-0.15, -0.1) is 0 Å². The van der Waals surface area contributed by atoms with Crippen molar-refractivity contribution in [3.8, 4) is 0 Å². The average Bonchev–Trinajstić information content (AvgIpc) is 2.73. The van der Waals surface area contributed by atoms with Crippen molar-refractivity contribution in [2.75, 3.05) is 13.1 Å². The predicted molar refractivity (Wildman–Crippen MR) is 112 cm³/mol. The summed E-state index contributed by atoms with van der Waals surface area (Å²) in [4.78, 5) is 18.4. The summed E-state index contributed by atoms with van der Waals surface area (Å²) >= 11 is 0. The van der Waals surface area contributed by atoms with E-state index in [1.807, 2.05) is 48.6 Å². The second kappa shape index (κ2) is 9.92. The van der Waals surface area contributed by atoms with Crippen LogP contribution in [0.2, 0.25) is 0 Å². The molecular formula is C21H19N7O. The fourth-order valence-electron chi connectivity index (χ4n) is 3.11. The van der Waals surface area contributed by atoms with E-state index >= 15 is 0 Å². The van der Waals surface area contributed by atoms with Crippen LogP contribution in [0.1, 0.15) is 11.1 Å². The van der Waals surface area contributed by atoms with E-state index in [0.29, 0.717) is 37.3 Å². The Morgan fingerprint density at radius 1 is 0.862 bits per heavy atom. The number of hydrogen-bond acceptors (Lipinski definition) is 4. The summed E-state index contributed by atoms with van der Waals surface area (Å²) in [6.07, 6.45) is 5.00. The van der Waals surface area contributed by atoms with Gasteiger partial charge in [-0.25, -0.2) is 0 Å². The second-order valence-corrected chi connectivity index (χ2v) is 6.52. The van der Waals surface area contributed by atoms with E-state index in [1.54, 1.807) is 12.1 Å². The maximum absolute atomic E-state index is 12.8. The van der Waals surface area contributed by atoms with Crippen LogP contribution in [0.15, 0.2) is 82.1 Å². The molecule has 0 unspecified atom stereocenters. The topological polar surface area (TPSA) is 127 Å². The maximum atomic E-state index is 12.8. The molecule has 1 aliphatic heterocycles. The molecule has 1 saturated heterocycles. The average molecular weight is 385 g/mol. The molecule has 1 fully saturated rings. The molecule has 0 amide bonds. The largest absolute Gasteiger partial charge is 0.308 e. The van der Waals surface area contributed by atoms with Gasteiger partial charge in [0, 0.05) is 45.4 Å². The predicted octanol–water partition coefficient (Wildman–Crippen LogP) is 5.38. The van der Waals surface area contributed by atoms with Crippen molar-refractivity contribution in [3.05, 3.63) is 104 Å². The third kappa shape index (κ3) is 5.57. The number of benzene rings is 2. The summed E-state index contributed by atoms with van der Waals surface area (Å²) in [5.74, 6) is 0.0427. The Kier molecular flexibility index (Phi) is 6.81. The first-order chi connectivity index (χ1) is 14.2. The summed E-state index contributed by atoms with van der Waals surface area (Å²) in [6.45, 7) is 1.05. The molecule has 1 heterocycles. The fourth-order valence-corrected chi connectivity index (χ4v) is 3.11. The number of nitrogens with zero attached hydrogens (tertiary/aromatic N) is 6. The zero-order valence-electron chi connectivity index (χ0n) is 15.7. The molecule has 0 spiro atoms. The Labute approximate surface area is 167 Å². The number of piperidine rings is 1. The van der Waals surface area contributed by atoms with Gasteiger partial charge in [0.1, 0.15) is 0 Å². The van der Waals surface area contributed by atoms with E-state index in [2.05, 4.69) is 25.4 Å². The van der Waals surface area contributed by atoms with Gasteiger partial charge in [0.05, 0.1) is 0 Å². The summed E-state index contributed by atoms with van der Waals surface area (Å²) < 4.78 is 0. The number of hydrogen-bond donors (Lipinski definition) is 1. The quantitative estimate of drug-likeness (QED) is 0.310. The third-order valence-corrected chi connectivity index (χ3v) is 4.52. The lowest BCUT2D eigenvalue weighted by Gasteiger charge is -2.18. The molecule has 1 N–H and O–H groups in total. The zero-order valence-corrected chi connectivity index (χ0v) is 15.7. The van der Waals surface area contributed by atoms with E-state index in [0.717, 1.165) is 22.3 Å². The molecule has 144 valence electrons. The Balaban J connectivity index is 1.71. The number of azide groups is 2. The molecule has 0 saturated carbocycles. The molecule has 8 nitrogen and oxygen atoms in total. The van der Waals surface area contributed by atoms with Crippen molar-refractivity contribution in [2.45, 2.75) is 12.8 Å². The highest BCUT2D eigenvalue weighted by molar-refractivity contribution is 6.09. The molecule has 0 aliphatic carbocycles. The van der Waals surface area contributed by atoms with E-state index in [-0.39, 0.29) is 5.78 Å². The molecule has 0 aromatic heterocycles. The van der Waals surface area contributed by atoms with E-state index in [4.69, 9.17) is 11.1 Å². The molecule has 2 aromatic carbocycles. The van der Waals surface area contributed by atoms with Gasteiger partial charge in [0.15, 0.2) is 5.78 Å². The van der Waals surface area contributed by atoms with Gasteiger partial charge in [-0.3, -0.25) is 4.79 Å². The Morgan fingerprint density at radius 2 is 1.34 bits per heavy atom. The van der Waals surface area contributed by atoms with E-state index in [1.165, 1.54) is 0 Å². The smallest absolute Gasteiger partial charge is 0.186 e. The van der Waals surface area contributed by atoms with Gasteiger partial charge >= 0.3 is 0 Å². The van der Waals surface area contributed by atoms with Gasteiger partial charge in [-0.05, 0) is 47.2 Å². The Morgan fingerprint density at radius 3 is 1.79 bits per heavy atom. The van der Waals surface area contributed by atoms with E-state index < -0.39 is 0 Å². The minimum atomic E-state index is 0.0427. The minimum absolute atomic E-state index is 0.0427. The molecule has 2 aromatic rings. The zero-order chi connectivity index (χ0) is 20.5. The first-order valence-electron chi connectivity index (χ1n) is 9.11. The number of allylic oxidation sites excluding steroid dienone is 2. The standard InChI is InChI=1S/C21H19N7O/c22-27-25-19-5-1-3-15(11-19)7-9-17-13-24-14-18(21(17)29)10-8-16-4-2-6-20(12-16)26-28-23/h1-6,9-12,24H,7-8,13-14H2. The first-order valence-corrected chi connectivity index (χ1v) is 9.11. The second-order valence-electron chi connectivity index (χ2n) is 6.52. The van der Waals surface area contributed by atoms with Crippen LogP contribution < -0.4 is 5.32 Å². The van der Waals surface area contributed by atoms with Gasteiger partial charge in [0.2, 0.25) is 0 Å². The summed E-state index contributed by atoms with van der Waals surface area (Å²) in [5.41, 5.74) is 21.6. The van der Waals surface area contributed by atoms with Crippen LogP contribution in [0.5, 0.6) is 0 Å². The van der Waals surface area contributed by atoms with Crippen molar-refractivity contribution < 1.29 is 4.79 Å². The molecule has 3 rings (SSSR count). The number of rotatable bonds is 6. The van der Waals surface area contributed by atoms with Crippen LogP contribution >= 0.6 is 0 Å². The number of carbonyl (C=O) groups is 1. The normalized spacial score (nSPS) is 16.3. The molecule has 8 heteroatoms. The monoisotopic (exact) mass is 385 g/mol. The molecular weight excluding hydrogens is 366 g/mol. The first kappa shape index (κ1) is 19.9. The van der Waals surface area contributed by atoms with Crippen molar-refractivity contribution in [3.63, 3.8) is 0 Å². The van der Waals surface area contributed by atoms with Crippen LogP contribution in [0.3, 0.4) is 0 Å². The summed E-state index contributed by atoms with van der Waals surface area (Å²) in [5, 5.41) is 10.5. The molecule has 29 heavy (non-hydrogen) atoms. The maximum Gasteiger partial charge on any atom is 0.186 e. The number of carbonyl (C=O) groups excluding carboxylic acids is 1. The van der Waals surface area contributed by atoms with Gasteiger partial charge in [0.25, 0.3) is 0 Å². The van der Waals surface area contributed by atoms with Gasteiger partial charge in [-0.1, -0.05) is 58.8 Å². The molecule has 1 aliphatic rings. The summed E-state index contributed by atoms with van der Waals surface area (Å²) in [6, 6.07) is 14.6. The SMILES string of the molecule is [N-]=[N+]=Nc1cccc(CC=C2CNCC(=CCc3cccc(N=[N+]=[N-])c3)C2=O)c1. The highest BCUT2D eigenvalue weighted by Crippen LogP contribution is 2.19. The Bertz CT molecular complexity index is 990. The van der Waals surface area contributed by atoms with Gasteiger partial charge in [-0.2, -0.15) is 0 Å². The van der Waals surface area contributed by atoms with Crippen LogP contribution in [-0.4, -0.2) is 18.9 Å².